The molecule has 1 unspecified atom stereocenters. The van der Waals surface area contributed by atoms with Crippen LogP contribution in [0.15, 0.2) is 12.1 Å². The molecule has 1 fully saturated rings. The molecule has 0 aliphatic carbocycles. The summed E-state index contributed by atoms with van der Waals surface area (Å²) < 4.78 is 15.5. The molecular formula is C12H14N2O5. The predicted molar refractivity (Wildman–Crippen MR) is 65.5 cm³/mol. The zero-order valence-electron chi connectivity index (χ0n) is 10.8. The van der Waals surface area contributed by atoms with E-state index in [0.717, 1.165) is 0 Å². The fraction of sp³-hybridized carbons (Fsp3) is 0.333. The van der Waals surface area contributed by atoms with Crippen molar-refractivity contribution in [1.29, 1.82) is 0 Å². The van der Waals surface area contributed by atoms with Crippen LogP contribution in [0.2, 0.25) is 0 Å². The minimum Gasteiger partial charge on any atom is -0.496 e. The number of urea groups is 1. The van der Waals surface area contributed by atoms with E-state index in [-0.39, 0.29) is 0 Å². The highest BCUT2D eigenvalue weighted by atomic mass is 16.5. The minimum absolute atomic E-state index is 0.431. The normalized spacial score (nSPS) is 17.7. The first-order valence-electron chi connectivity index (χ1n) is 5.52. The molecular weight excluding hydrogens is 252 g/mol. The van der Waals surface area contributed by atoms with Crippen LogP contribution in [-0.2, 0) is 4.79 Å². The maximum Gasteiger partial charge on any atom is 0.322 e. The molecule has 1 aromatic rings. The average molecular weight is 266 g/mol. The van der Waals surface area contributed by atoms with Crippen molar-refractivity contribution < 1.29 is 23.8 Å². The van der Waals surface area contributed by atoms with E-state index in [2.05, 4.69) is 10.6 Å². The smallest absolute Gasteiger partial charge is 0.322 e. The van der Waals surface area contributed by atoms with Crippen LogP contribution >= 0.6 is 0 Å². The molecule has 19 heavy (non-hydrogen) atoms. The Bertz CT molecular complexity index is 529. The zero-order valence-corrected chi connectivity index (χ0v) is 10.8. The Morgan fingerprint density at radius 1 is 0.947 bits per heavy atom. The van der Waals surface area contributed by atoms with Gasteiger partial charge in [0, 0.05) is 11.6 Å². The number of amides is 3. The lowest BCUT2D eigenvalue weighted by atomic mass is 10.0. The van der Waals surface area contributed by atoms with E-state index < -0.39 is 18.0 Å². The van der Waals surface area contributed by atoms with Crippen LogP contribution in [0.3, 0.4) is 0 Å². The molecule has 3 amide bonds. The third-order valence-corrected chi connectivity index (χ3v) is 2.82. The summed E-state index contributed by atoms with van der Waals surface area (Å²) in [6, 6.07) is 1.87. The summed E-state index contributed by atoms with van der Waals surface area (Å²) in [5, 5.41) is 4.67. The van der Waals surface area contributed by atoms with Gasteiger partial charge >= 0.3 is 6.03 Å². The van der Waals surface area contributed by atoms with Gasteiger partial charge in [0.15, 0.2) is 11.5 Å². The topological polar surface area (TPSA) is 85.9 Å². The summed E-state index contributed by atoms with van der Waals surface area (Å²) in [5.41, 5.74) is 0.503. The van der Waals surface area contributed by atoms with Gasteiger partial charge < -0.3 is 19.5 Å². The van der Waals surface area contributed by atoms with Gasteiger partial charge in [0.25, 0.3) is 5.91 Å². The molecule has 102 valence electrons. The van der Waals surface area contributed by atoms with E-state index in [1.807, 2.05) is 0 Å². The van der Waals surface area contributed by atoms with Crippen molar-refractivity contribution in [3.63, 3.8) is 0 Å². The van der Waals surface area contributed by atoms with E-state index >= 15 is 0 Å². The second kappa shape index (κ2) is 5.05. The summed E-state index contributed by atoms with van der Waals surface area (Å²) in [6.45, 7) is 0. The SMILES string of the molecule is COc1cc(OC)c(C2NC(=O)NC2=O)cc1OC. The molecule has 1 aliphatic rings. The lowest BCUT2D eigenvalue weighted by molar-refractivity contribution is -0.120. The van der Waals surface area contributed by atoms with Gasteiger partial charge in [-0.25, -0.2) is 4.79 Å². The van der Waals surface area contributed by atoms with E-state index in [1.54, 1.807) is 12.1 Å². The highest BCUT2D eigenvalue weighted by Gasteiger charge is 2.33. The fourth-order valence-corrected chi connectivity index (χ4v) is 1.91. The maximum atomic E-state index is 11.7. The second-order valence-electron chi connectivity index (χ2n) is 3.84. The average Bonchev–Trinajstić information content (AvgIpc) is 2.75. The summed E-state index contributed by atoms with van der Waals surface area (Å²) >= 11 is 0. The van der Waals surface area contributed by atoms with Crippen LogP contribution in [0.4, 0.5) is 4.79 Å². The Labute approximate surface area is 109 Å². The molecule has 1 saturated heterocycles. The Morgan fingerprint density at radius 2 is 1.53 bits per heavy atom. The summed E-state index contributed by atoms with van der Waals surface area (Å²) in [5.74, 6) is 0.926. The lowest BCUT2D eigenvalue weighted by Crippen LogP contribution is -2.22. The van der Waals surface area contributed by atoms with Crippen molar-refractivity contribution in [2.45, 2.75) is 6.04 Å². The number of rotatable bonds is 4. The van der Waals surface area contributed by atoms with Crippen LogP contribution in [0.5, 0.6) is 17.2 Å². The predicted octanol–water partition coefficient (Wildman–Crippen LogP) is 0.593. The Balaban J connectivity index is 2.49. The van der Waals surface area contributed by atoms with Crippen molar-refractivity contribution in [1.82, 2.24) is 10.6 Å². The molecule has 2 rings (SSSR count). The summed E-state index contributed by atoms with van der Waals surface area (Å²) in [4.78, 5) is 22.9. The first-order chi connectivity index (χ1) is 9.10. The van der Waals surface area contributed by atoms with Crippen molar-refractivity contribution in [3.05, 3.63) is 17.7 Å². The van der Waals surface area contributed by atoms with Gasteiger partial charge in [0.1, 0.15) is 11.8 Å². The first-order valence-corrected chi connectivity index (χ1v) is 5.52. The van der Waals surface area contributed by atoms with Crippen LogP contribution in [0, 0.1) is 0 Å². The van der Waals surface area contributed by atoms with Gasteiger partial charge in [-0.3, -0.25) is 10.1 Å². The molecule has 0 saturated carbocycles. The quantitative estimate of drug-likeness (QED) is 0.779. The van der Waals surface area contributed by atoms with Gasteiger partial charge in [0.05, 0.1) is 21.3 Å². The van der Waals surface area contributed by atoms with Crippen LogP contribution in [0.25, 0.3) is 0 Å². The highest BCUT2D eigenvalue weighted by Crippen LogP contribution is 2.38. The van der Waals surface area contributed by atoms with Crippen molar-refractivity contribution in [2.75, 3.05) is 21.3 Å². The van der Waals surface area contributed by atoms with Gasteiger partial charge in [-0.1, -0.05) is 0 Å². The molecule has 0 aromatic heterocycles. The number of carbonyl (C=O) groups excluding carboxylic acids is 2. The number of hydrogen-bond acceptors (Lipinski definition) is 5. The van der Waals surface area contributed by atoms with Crippen LogP contribution < -0.4 is 24.8 Å². The Morgan fingerprint density at radius 3 is 2.00 bits per heavy atom. The molecule has 1 aromatic carbocycles. The van der Waals surface area contributed by atoms with E-state index in [0.29, 0.717) is 22.8 Å². The molecule has 7 nitrogen and oxygen atoms in total. The van der Waals surface area contributed by atoms with Gasteiger partial charge in [-0.15, -0.1) is 0 Å². The molecule has 0 spiro atoms. The first kappa shape index (κ1) is 13.0. The molecule has 1 atom stereocenters. The van der Waals surface area contributed by atoms with Gasteiger partial charge in [-0.2, -0.15) is 0 Å². The number of nitrogens with one attached hydrogen (secondary N) is 2. The summed E-state index contributed by atoms with van der Waals surface area (Å²) in [7, 11) is 4.46. The molecule has 0 bridgehead atoms. The van der Waals surface area contributed by atoms with Crippen molar-refractivity contribution in [3.8, 4) is 17.2 Å². The van der Waals surface area contributed by atoms with Crippen molar-refractivity contribution in [2.24, 2.45) is 0 Å². The molecule has 0 radical (unpaired) electrons. The maximum absolute atomic E-state index is 11.7. The highest BCUT2D eigenvalue weighted by molar-refractivity contribution is 6.04. The number of carbonyl (C=O) groups is 2. The molecule has 1 aliphatic heterocycles. The van der Waals surface area contributed by atoms with Crippen molar-refractivity contribution >= 4 is 11.9 Å². The lowest BCUT2D eigenvalue weighted by Gasteiger charge is -2.16. The van der Waals surface area contributed by atoms with Gasteiger partial charge in [-0.05, 0) is 6.07 Å². The molecule has 1 heterocycles. The van der Waals surface area contributed by atoms with E-state index in [1.165, 1.54) is 21.3 Å². The van der Waals surface area contributed by atoms with E-state index in [4.69, 9.17) is 14.2 Å². The minimum atomic E-state index is -0.803. The molecule has 2 N–H and O–H groups in total. The fourth-order valence-electron chi connectivity index (χ4n) is 1.91. The monoisotopic (exact) mass is 266 g/mol. The largest absolute Gasteiger partial charge is 0.496 e. The number of ether oxygens (including phenoxy) is 3. The van der Waals surface area contributed by atoms with Crippen LogP contribution in [0.1, 0.15) is 11.6 Å². The zero-order chi connectivity index (χ0) is 14.0. The van der Waals surface area contributed by atoms with Crippen LogP contribution in [-0.4, -0.2) is 33.3 Å². The third-order valence-electron chi connectivity index (χ3n) is 2.82. The Kier molecular flexibility index (Phi) is 3.46. The standard InChI is InChI=1S/C12H14N2O5/c1-17-7-5-9(19-3)8(18-2)4-6(7)10-11(15)14-12(16)13-10/h4-5,10H,1-3H3,(H2,13,14,15,16). The summed E-state index contributed by atoms with van der Waals surface area (Å²) in [6.07, 6.45) is 0. The number of hydrogen-bond donors (Lipinski definition) is 2. The van der Waals surface area contributed by atoms with E-state index in [9.17, 15) is 9.59 Å². The third kappa shape index (κ3) is 2.26. The number of methoxy groups -OCH3 is 3. The second-order valence-corrected chi connectivity index (χ2v) is 3.84. The number of benzene rings is 1. The Hall–Kier alpha value is -2.44. The van der Waals surface area contributed by atoms with Gasteiger partial charge in [0.2, 0.25) is 0 Å². The molecule has 7 heteroatoms. The number of imide groups is 1.